The van der Waals surface area contributed by atoms with Crippen LogP contribution in [0.15, 0.2) is 11.5 Å². The first kappa shape index (κ1) is 12.4. The Balaban J connectivity index is 4.18. The summed E-state index contributed by atoms with van der Waals surface area (Å²) in [5.41, 5.74) is 5.00. The predicted molar refractivity (Wildman–Crippen MR) is 42.6 cm³/mol. The van der Waals surface area contributed by atoms with Gasteiger partial charge in [-0.05, 0) is 0 Å². The molecule has 7 heteroatoms. The van der Waals surface area contributed by atoms with Gasteiger partial charge in [0.25, 0.3) is 0 Å². The van der Waals surface area contributed by atoms with Crippen LogP contribution in [0.5, 0.6) is 0 Å². The zero-order chi connectivity index (χ0) is 10.7. The third kappa shape index (κ3) is 9.35. The van der Waals surface area contributed by atoms with E-state index in [9.17, 15) is 21.6 Å². The fourth-order valence-electron chi connectivity index (χ4n) is 0.579. The maximum Gasteiger partial charge on any atom is 0.390 e. The van der Waals surface area contributed by atoms with Crippen LogP contribution in [0, 0.1) is 0 Å². The fraction of sp³-hybridized carbons (Fsp3) is 0.667. The molecule has 13 heavy (non-hydrogen) atoms. The van der Waals surface area contributed by atoms with E-state index in [1.165, 1.54) is 0 Å². The molecule has 0 aliphatic heterocycles. The lowest BCUT2D eigenvalue weighted by molar-refractivity contribution is -0.135. The molecule has 0 amide bonds. The van der Waals surface area contributed by atoms with Crippen molar-refractivity contribution in [1.82, 2.24) is 0 Å². The van der Waals surface area contributed by atoms with Crippen LogP contribution in [0.1, 0.15) is 6.42 Å². The van der Waals surface area contributed by atoms with E-state index >= 15 is 0 Å². The minimum absolute atomic E-state index is 0.670. The average molecular weight is 217 g/mol. The van der Waals surface area contributed by atoms with Crippen molar-refractivity contribution in [2.75, 3.05) is 6.26 Å². The SMILES string of the molecule is CS(=O)(=O)C=CC(N)CC(F)(F)F. The summed E-state index contributed by atoms with van der Waals surface area (Å²) in [5.74, 6) is 0. The number of sulfone groups is 1. The van der Waals surface area contributed by atoms with Crippen molar-refractivity contribution in [2.45, 2.75) is 18.6 Å². The molecule has 0 fully saturated rings. The Labute approximate surface area is 74.3 Å². The number of hydrogen-bond acceptors (Lipinski definition) is 3. The van der Waals surface area contributed by atoms with Crippen LogP contribution >= 0.6 is 0 Å². The van der Waals surface area contributed by atoms with Gasteiger partial charge in [0.05, 0.1) is 6.42 Å². The quantitative estimate of drug-likeness (QED) is 0.761. The molecule has 1 unspecified atom stereocenters. The van der Waals surface area contributed by atoms with Gasteiger partial charge >= 0.3 is 6.18 Å². The molecule has 0 aromatic carbocycles. The zero-order valence-corrected chi connectivity index (χ0v) is 7.69. The van der Waals surface area contributed by atoms with Crippen LogP contribution in [0.25, 0.3) is 0 Å². The third-order valence-electron chi connectivity index (χ3n) is 1.04. The number of nitrogens with two attached hydrogens (primary N) is 1. The minimum Gasteiger partial charge on any atom is -0.324 e. The summed E-state index contributed by atoms with van der Waals surface area (Å²) in [6.45, 7) is 0. The summed E-state index contributed by atoms with van der Waals surface area (Å²) < 4.78 is 55.9. The maximum atomic E-state index is 11.7. The molecule has 0 radical (unpaired) electrons. The van der Waals surface area contributed by atoms with E-state index in [-0.39, 0.29) is 0 Å². The second-order valence-electron chi connectivity index (χ2n) is 2.64. The van der Waals surface area contributed by atoms with Crippen LogP contribution < -0.4 is 5.73 Å². The highest BCUT2D eigenvalue weighted by Gasteiger charge is 2.29. The smallest absolute Gasteiger partial charge is 0.324 e. The molecule has 0 aromatic rings. The zero-order valence-electron chi connectivity index (χ0n) is 6.88. The number of halogens is 3. The Bertz CT molecular complexity index is 281. The van der Waals surface area contributed by atoms with Crippen LogP contribution in [0.2, 0.25) is 0 Å². The Morgan fingerprint density at radius 2 is 1.92 bits per heavy atom. The Kier molecular flexibility index (Phi) is 3.92. The van der Waals surface area contributed by atoms with E-state index in [2.05, 4.69) is 0 Å². The summed E-state index contributed by atoms with van der Waals surface area (Å²) >= 11 is 0. The molecule has 78 valence electrons. The molecule has 0 spiro atoms. The first-order chi connectivity index (χ1) is 5.60. The van der Waals surface area contributed by atoms with Crippen LogP contribution in [0.4, 0.5) is 13.2 Å². The van der Waals surface area contributed by atoms with Gasteiger partial charge < -0.3 is 5.73 Å². The second-order valence-corrected chi connectivity index (χ2v) is 4.57. The summed E-state index contributed by atoms with van der Waals surface area (Å²) in [7, 11) is -3.40. The standard InChI is InChI=1S/C6H10F3NO2S/c1-13(11,12)3-2-5(10)4-6(7,8)9/h2-3,5H,4,10H2,1H3. The topological polar surface area (TPSA) is 60.2 Å². The third-order valence-corrected chi connectivity index (χ3v) is 1.69. The van der Waals surface area contributed by atoms with Gasteiger partial charge in [0, 0.05) is 17.7 Å². The van der Waals surface area contributed by atoms with E-state index in [1.807, 2.05) is 0 Å². The molecule has 0 rings (SSSR count). The molecule has 0 aliphatic rings. The van der Waals surface area contributed by atoms with Crippen LogP contribution in [0.3, 0.4) is 0 Å². The van der Waals surface area contributed by atoms with Crippen molar-refractivity contribution in [3.05, 3.63) is 11.5 Å². The first-order valence-corrected chi connectivity index (χ1v) is 5.26. The molecule has 0 saturated heterocycles. The Morgan fingerprint density at radius 1 is 1.46 bits per heavy atom. The fourth-order valence-corrected chi connectivity index (χ4v) is 1.07. The van der Waals surface area contributed by atoms with Crippen LogP contribution in [-0.2, 0) is 9.84 Å². The Hall–Kier alpha value is -0.560. The highest BCUT2D eigenvalue weighted by molar-refractivity contribution is 7.93. The van der Waals surface area contributed by atoms with E-state index in [1.54, 1.807) is 0 Å². The van der Waals surface area contributed by atoms with Gasteiger partial charge in [-0.15, -0.1) is 0 Å². The van der Waals surface area contributed by atoms with E-state index in [0.717, 1.165) is 12.3 Å². The van der Waals surface area contributed by atoms with Crippen molar-refractivity contribution in [1.29, 1.82) is 0 Å². The number of alkyl halides is 3. The second kappa shape index (κ2) is 4.10. The predicted octanol–water partition coefficient (Wildman–Crippen LogP) is 0.824. The van der Waals surface area contributed by atoms with Crippen molar-refractivity contribution in [2.24, 2.45) is 5.73 Å². The summed E-state index contributed by atoms with van der Waals surface area (Å²) in [4.78, 5) is 0. The molecule has 0 saturated carbocycles. The summed E-state index contributed by atoms with van der Waals surface area (Å²) in [5, 5.41) is 0.670. The van der Waals surface area contributed by atoms with Gasteiger partial charge in [-0.2, -0.15) is 13.2 Å². The molecular formula is C6H10F3NO2S. The lowest BCUT2D eigenvalue weighted by Crippen LogP contribution is -2.25. The van der Waals surface area contributed by atoms with Crippen molar-refractivity contribution in [3.63, 3.8) is 0 Å². The molecule has 0 heterocycles. The average Bonchev–Trinajstić information content (AvgIpc) is 1.78. The van der Waals surface area contributed by atoms with Gasteiger partial charge in [0.2, 0.25) is 0 Å². The van der Waals surface area contributed by atoms with Crippen molar-refractivity contribution < 1.29 is 21.6 Å². The van der Waals surface area contributed by atoms with Crippen molar-refractivity contribution in [3.8, 4) is 0 Å². The highest BCUT2D eigenvalue weighted by atomic mass is 32.2. The van der Waals surface area contributed by atoms with E-state index in [0.29, 0.717) is 5.41 Å². The molecule has 2 N–H and O–H groups in total. The first-order valence-electron chi connectivity index (χ1n) is 3.31. The van der Waals surface area contributed by atoms with Gasteiger partial charge in [0.1, 0.15) is 0 Å². The molecule has 0 bridgehead atoms. The maximum absolute atomic E-state index is 11.7. The lowest BCUT2D eigenvalue weighted by Gasteiger charge is -2.09. The minimum atomic E-state index is -4.37. The summed E-state index contributed by atoms with van der Waals surface area (Å²) in [6, 6.07) is -1.31. The summed E-state index contributed by atoms with van der Waals surface area (Å²) in [6.07, 6.45) is -3.90. The largest absolute Gasteiger partial charge is 0.390 e. The van der Waals surface area contributed by atoms with E-state index in [4.69, 9.17) is 5.73 Å². The lowest BCUT2D eigenvalue weighted by atomic mass is 10.2. The van der Waals surface area contributed by atoms with E-state index < -0.39 is 28.5 Å². The Morgan fingerprint density at radius 3 is 2.23 bits per heavy atom. The molecule has 0 aliphatic carbocycles. The number of hydrogen-bond donors (Lipinski definition) is 1. The van der Waals surface area contributed by atoms with Crippen molar-refractivity contribution >= 4 is 9.84 Å². The molecular weight excluding hydrogens is 207 g/mol. The van der Waals surface area contributed by atoms with Gasteiger partial charge in [-0.25, -0.2) is 8.42 Å². The molecule has 3 nitrogen and oxygen atoms in total. The van der Waals surface area contributed by atoms with Gasteiger partial charge in [-0.1, -0.05) is 6.08 Å². The normalized spacial score (nSPS) is 16.4. The molecule has 1 atom stereocenters. The van der Waals surface area contributed by atoms with Gasteiger partial charge in [0.15, 0.2) is 9.84 Å². The number of rotatable bonds is 3. The highest BCUT2D eigenvalue weighted by Crippen LogP contribution is 2.21. The van der Waals surface area contributed by atoms with Crippen LogP contribution in [-0.4, -0.2) is 26.9 Å². The van der Waals surface area contributed by atoms with Gasteiger partial charge in [-0.3, -0.25) is 0 Å². The molecule has 0 aromatic heterocycles. The monoisotopic (exact) mass is 217 g/mol.